The van der Waals surface area contributed by atoms with E-state index < -0.39 is 0 Å². The molecule has 0 spiro atoms. The van der Waals surface area contributed by atoms with Crippen molar-refractivity contribution in [2.45, 2.75) is 20.3 Å². The lowest BCUT2D eigenvalue weighted by Crippen LogP contribution is -1.27. The van der Waals surface area contributed by atoms with Gasteiger partial charge in [0.05, 0.1) is 0 Å². The fourth-order valence-corrected chi connectivity index (χ4v) is 0. The zero-order chi connectivity index (χ0) is 2.71. The molecule has 0 amide bonds. The fraction of sp³-hybridized carbons (Fsp3) is 1.00. The maximum Gasteiger partial charge on any atom is -0.0590 e. The smallest absolute Gasteiger partial charge is 0.0590 e. The fourth-order valence-electron chi connectivity index (χ4n) is 0. The molecule has 0 bridgehead atoms. The number of hydrogen-bond donors (Lipinski definition) is 0. The van der Waals surface area contributed by atoms with Gasteiger partial charge in [0.2, 0.25) is 0 Å². The average molecular weight is 115 g/mol. The Balaban J connectivity index is -0.0000000200. The van der Waals surface area contributed by atoms with Gasteiger partial charge in [0.1, 0.15) is 0 Å². The maximum atomic E-state index is 2.12. The van der Waals surface area contributed by atoms with Gasteiger partial charge in [-0.05, 0) is 0 Å². The Morgan fingerprint density at radius 2 is 1.20 bits per heavy atom. The molecule has 0 heterocycles. The molecular weight excluding hydrogens is 102 g/mol. The lowest BCUT2D eigenvalue weighted by Gasteiger charge is -1.48. The van der Waals surface area contributed by atoms with E-state index in [2.05, 4.69) is 13.8 Å². The minimum Gasteiger partial charge on any atom is -0.153 e. The molecule has 0 aromatic carbocycles. The lowest BCUT2D eigenvalue weighted by atomic mass is 10.6. The number of hydrogen-bond acceptors (Lipinski definition) is 0. The largest absolute Gasteiger partial charge is 0.153 e. The Kier molecular flexibility index (Phi) is 76.1. The van der Waals surface area contributed by atoms with Crippen LogP contribution in [-0.2, 0) is 0 Å². The zero-order valence-electron chi connectivity index (χ0n) is 3.82. The summed E-state index contributed by atoms with van der Waals surface area (Å²) < 4.78 is 0. The molecule has 0 radical (unpaired) electrons. The highest BCUT2D eigenvalue weighted by atomic mass is 35.5. The Bertz CT molecular complexity index is 6.85. The van der Waals surface area contributed by atoms with E-state index in [9.17, 15) is 0 Å². The topological polar surface area (TPSA) is 0 Å². The van der Waals surface area contributed by atoms with Gasteiger partial charge in [-0.25, -0.2) is 0 Å². The van der Waals surface area contributed by atoms with Crippen LogP contribution in [-0.4, -0.2) is 0 Å². The summed E-state index contributed by atoms with van der Waals surface area (Å²) in [6.45, 7) is 4.25. The second kappa shape index (κ2) is 22.1. The summed E-state index contributed by atoms with van der Waals surface area (Å²) in [6.07, 6.45) is 1.25. The summed E-state index contributed by atoms with van der Waals surface area (Å²) in [5.74, 6) is 0. The Morgan fingerprint density at radius 3 is 1.20 bits per heavy atom. The third-order valence-electron chi connectivity index (χ3n) is 0. The van der Waals surface area contributed by atoms with E-state index >= 15 is 0 Å². The van der Waals surface area contributed by atoms with Crippen LogP contribution in [0.25, 0.3) is 0 Å². The summed E-state index contributed by atoms with van der Waals surface area (Å²) in [5, 5.41) is 0. The van der Waals surface area contributed by atoms with Crippen molar-refractivity contribution in [1.82, 2.24) is 0 Å². The lowest BCUT2D eigenvalue weighted by molar-refractivity contribution is 1.09. The quantitative estimate of drug-likeness (QED) is 0.422. The van der Waals surface area contributed by atoms with E-state index in [-0.39, 0.29) is 22.3 Å². The van der Waals surface area contributed by atoms with Gasteiger partial charge in [-0.2, -0.15) is 9.90 Å². The van der Waals surface area contributed by atoms with Crippen molar-refractivity contribution in [3.63, 3.8) is 0 Å². The van der Waals surface area contributed by atoms with E-state index in [0.717, 1.165) is 0 Å². The summed E-state index contributed by atoms with van der Waals surface area (Å²) in [5.41, 5.74) is 0. The Morgan fingerprint density at radius 1 is 1.20 bits per heavy atom. The van der Waals surface area contributed by atoms with Crippen LogP contribution in [0.3, 0.4) is 0 Å². The van der Waals surface area contributed by atoms with Crippen molar-refractivity contribution in [2.75, 3.05) is 0 Å². The number of halogens is 1. The van der Waals surface area contributed by atoms with Crippen LogP contribution >= 0.6 is 22.3 Å². The molecule has 0 nitrogen and oxygen atoms in total. The van der Waals surface area contributed by atoms with E-state index in [0.29, 0.717) is 0 Å². The molecule has 0 saturated heterocycles. The van der Waals surface area contributed by atoms with Gasteiger partial charge in [-0.1, -0.05) is 20.3 Å². The first-order chi connectivity index (χ1) is 1.41. The standard InChI is InChI=1S/C3H8.ClH.H3P/c1-3-2;;/h3H2,1-2H3;1H;1H3. The molecule has 0 fully saturated rings. The van der Waals surface area contributed by atoms with E-state index in [1.54, 1.807) is 0 Å². The minimum atomic E-state index is 0. The molecule has 36 valence electrons. The van der Waals surface area contributed by atoms with Crippen LogP contribution in [0.5, 0.6) is 0 Å². The molecule has 0 N–H and O–H groups in total. The average Bonchev–Trinajstić information content (AvgIpc) is 0.918. The Labute approximate surface area is 43.4 Å². The highest BCUT2D eigenvalue weighted by Gasteiger charge is 1.35. The predicted molar refractivity (Wildman–Crippen MR) is 34.3 cm³/mol. The van der Waals surface area contributed by atoms with Gasteiger partial charge in [0.15, 0.2) is 0 Å². The normalized spacial score (nSPS) is 3.60. The van der Waals surface area contributed by atoms with Crippen molar-refractivity contribution in [1.29, 1.82) is 0 Å². The van der Waals surface area contributed by atoms with Gasteiger partial charge in [-0.3, -0.25) is 0 Å². The predicted octanol–water partition coefficient (Wildman–Crippen LogP) is 1.90. The summed E-state index contributed by atoms with van der Waals surface area (Å²) in [4.78, 5) is 0. The molecular formula is C3H12ClP. The van der Waals surface area contributed by atoms with E-state index in [1.165, 1.54) is 6.42 Å². The monoisotopic (exact) mass is 114 g/mol. The molecule has 0 aromatic heterocycles. The van der Waals surface area contributed by atoms with Gasteiger partial charge in [-0.15, -0.1) is 12.4 Å². The van der Waals surface area contributed by atoms with Crippen LogP contribution in [0.4, 0.5) is 0 Å². The third-order valence-corrected chi connectivity index (χ3v) is 0. The van der Waals surface area contributed by atoms with Gasteiger partial charge in [0.25, 0.3) is 0 Å². The van der Waals surface area contributed by atoms with Crippen LogP contribution in [0.2, 0.25) is 0 Å². The minimum absolute atomic E-state index is 0. The van der Waals surface area contributed by atoms with E-state index in [4.69, 9.17) is 0 Å². The van der Waals surface area contributed by atoms with Crippen LogP contribution in [0.15, 0.2) is 0 Å². The summed E-state index contributed by atoms with van der Waals surface area (Å²) in [6, 6.07) is 0. The highest BCUT2D eigenvalue weighted by molar-refractivity contribution is 6.92. The molecule has 0 aliphatic rings. The summed E-state index contributed by atoms with van der Waals surface area (Å²) >= 11 is 0. The molecule has 5 heavy (non-hydrogen) atoms. The van der Waals surface area contributed by atoms with Crippen LogP contribution < -0.4 is 0 Å². The zero-order valence-corrected chi connectivity index (χ0v) is 6.05. The molecule has 0 aromatic rings. The van der Waals surface area contributed by atoms with Crippen LogP contribution in [0, 0.1) is 0 Å². The SMILES string of the molecule is CCC.Cl.P. The molecule has 1 atom stereocenters. The van der Waals surface area contributed by atoms with Gasteiger partial charge < -0.3 is 0 Å². The molecule has 0 aliphatic carbocycles. The van der Waals surface area contributed by atoms with Crippen molar-refractivity contribution < 1.29 is 0 Å². The van der Waals surface area contributed by atoms with Crippen LogP contribution in [0.1, 0.15) is 20.3 Å². The van der Waals surface area contributed by atoms with Crippen molar-refractivity contribution in [3.8, 4) is 0 Å². The van der Waals surface area contributed by atoms with Crippen molar-refractivity contribution in [2.24, 2.45) is 0 Å². The molecule has 0 aliphatic heterocycles. The first-order valence-corrected chi connectivity index (χ1v) is 1.41. The molecule has 2 heteroatoms. The first-order valence-electron chi connectivity index (χ1n) is 1.41. The van der Waals surface area contributed by atoms with Crippen molar-refractivity contribution in [3.05, 3.63) is 0 Å². The number of rotatable bonds is 0. The maximum absolute atomic E-state index is 2.12. The molecule has 1 unspecified atom stereocenters. The highest BCUT2D eigenvalue weighted by Crippen LogP contribution is 1.56. The second-order valence-corrected chi connectivity index (χ2v) is 0.707. The molecule has 0 rings (SSSR count). The van der Waals surface area contributed by atoms with Gasteiger partial charge >= 0.3 is 0 Å². The summed E-state index contributed by atoms with van der Waals surface area (Å²) in [7, 11) is 0. The first kappa shape index (κ1) is 17.2. The Hall–Kier alpha value is 0.720. The second-order valence-electron chi connectivity index (χ2n) is 0.707. The third kappa shape index (κ3) is 67.4. The molecule has 0 saturated carbocycles. The van der Waals surface area contributed by atoms with E-state index in [1.807, 2.05) is 0 Å². The van der Waals surface area contributed by atoms with Gasteiger partial charge in [0, 0.05) is 0 Å². The van der Waals surface area contributed by atoms with Crippen molar-refractivity contribution >= 4 is 22.3 Å².